The highest BCUT2D eigenvalue weighted by molar-refractivity contribution is 7.94. The zero-order valence-electron chi connectivity index (χ0n) is 9.62. The standard InChI is InChI=1S/C10H10ClNO6S/c1-5(9(13)14)19(17,18)12-6-2-3-8(11)7(4-6)10(15)16/h2-5,12H,1H3,(H,13,14)(H,15,16). The van der Waals surface area contributed by atoms with Gasteiger partial charge in [0.2, 0.25) is 10.0 Å². The Bertz CT molecular complexity index is 627. The van der Waals surface area contributed by atoms with Crippen molar-refractivity contribution in [3.05, 3.63) is 28.8 Å². The van der Waals surface area contributed by atoms with Gasteiger partial charge in [0.1, 0.15) is 0 Å². The van der Waals surface area contributed by atoms with Crippen LogP contribution in [-0.4, -0.2) is 35.8 Å². The van der Waals surface area contributed by atoms with Gasteiger partial charge in [-0.25, -0.2) is 13.2 Å². The van der Waals surface area contributed by atoms with E-state index in [1.165, 1.54) is 12.1 Å². The van der Waals surface area contributed by atoms with E-state index in [1.54, 1.807) is 0 Å². The molecule has 1 rings (SSSR count). The smallest absolute Gasteiger partial charge is 0.337 e. The van der Waals surface area contributed by atoms with Gasteiger partial charge in [-0.05, 0) is 25.1 Å². The molecule has 0 spiro atoms. The summed E-state index contributed by atoms with van der Waals surface area (Å²) in [4.78, 5) is 21.5. The number of carbonyl (C=O) groups is 2. The van der Waals surface area contributed by atoms with Gasteiger partial charge in [-0.2, -0.15) is 0 Å². The summed E-state index contributed by atoms with van der Waals surface area (Å²) in [5, 5.41) is 15.8. The molecule has 0 saturated heterocycles. The first kappa shape index (κ1) is 15.3. The maximum atomic E-state index is 11.6. The maximum absolute atomic E-state index is 11.6. The van der Waals surface area contributed by atoms with Crippen molar-refractivity contribution in [2.75, 3.05) is 4.72 Å². The number of benzene rings is 1. The van der Waals surface area contributed by atoms with Gasteiger partial charge in [-0.1, -0.05) is 11.6 Å². The summed E-state index contributed by atoms with van der Waals surface area (Å²) >= 11 is 5.62. The number of halogens is 1. The number of carboxylic acid groups (broad SMARTS) is 2. The number of nitrogens with one attached hydrogen (secondary N) is 1. The Kier molecular flexibility index (Phi) is 4.38. The Balaban J connectivity index is 3.11. The summed E-state index contributed by atoms with van der Waals surface area (Å²) in [5.74, 6) is -2.84. The van der Waals surface area contributed by atoms with Crippen molar-refractivity contribution >= 4 is 39.3 Å². The van der Waals surface area contributed by atoms with Crippen LogP contribution in [0.15, 0.2) is 18.2 Å². The van der Waals surface area contributed by atoms with Crippen molar-refractivity contribution in [2.24, 2.45) is 0 Å². The van der Waals surface area contributed by atoms with Gasteiger partial charge in [0.05, 0.1) is 10.6 Å². The van der Waals surface area contributed by atoms with Crippen LogP contribution in [0.4, 0.5) is 5.69 Å². The van der Waals surface area contributed by atoms with E-state index in [2.05, 4.69) is 0 Å². The largest absolute Gasteiger partial charge is 0.480 e. The van der Waals surface area contributed by atoms with Crippen LogP contribution in [0.5, 0.6) is 0 Å². The third kappa shape index (κ3) is 3.58. The van der Waals surface area contributed by atoms with Gasteiger partial charge >= 0.3 is 11.9 Å². The highest BCUT2D eigenvalue weighted by atomic mass is 35.5. The lowest BCUT2D eigenvalue weighted by Crippen LogP contribution is -2.32. The molecular weight excluding hydrogens is 298 g/mol. The average molecular weight is 308 g/mol. The molecule has 9 heteroatoms. The lowest BCUT2D eigenvalue weighted by atomic mass is 10.2. The molecule has 7 nitrogen and oxygen atoms in total. The molecule has 0 aromatic heterocycles. The van der Waals surface area contributed by atoms with Gasteiger partial charge in [0.25, 0.3) is 0 Å². The van der Waals surface area contributed by atoms with Crippen LogP contribution < -0.4 is 4.72 Å². The normalized spacial score (nSPS) is 12.7. The molecule has 0 saturated carbocycles. The SMILES string of the molecule is CC(C(=O)O)S(=O)(=O)Nc1ccc(Cl)c(C(=O)O)c1. The van der Waals surface area contributed by atoms with Crippen molar-refractivity contribution in [2.45, 2.75) is 12.2 Å². The van der Waals surface area contributed by atoms with Crippen LogP contribution in [0, 0.1) is 0 Å². The summed E-state index contributed by atoms with van der Waals surface area (Å²) in [6, 6.07) is 3.45. The molecule has 1 unspecified atom stereocenters. The molecule has 0 aliphatic rings. The average Bonchev–Trinajstić information content (AvgIpc) is 2.29. The van der Waals surface area contributed by atoms with Crippen molar-refractivity contribution < 1.29 is 28.2 Å². The number of sulfonamides is 1. The second kappa shape index (κ2) is 5.45. The molecule has 1 aromatic rings. The Hall–Kier alpha value is -1.80. The minimum atomic E-state index is -4.15. The molecule has 0 amide bonds. The molecule has 0 radical (unpaired) electrons. The number of aromatic carboxylic acids is 1. The summed E-state index contributed by atoms with van der Waals surface area (Å²) in [6.07, 6.45) is 0. The number of anilines is 1. The van der Waals surface area contributed by atoms with Crippen molar-refractivity contribution in [3.8, 4) is 0 Å². The molecule has 1 aromatic carbocycles. The predicted octanol–water partition coefficient (Wildman–Crippen LogP) is 1.25. The monoisotopic (exact) mass is 307 g/mol. The van der Waals surface area contributed by atoms with E-state index in [0.29, 0.717) is 0 Å². The summed E-state index contributed by atoms with van der Waals surface area (Å²) in [6.45, 7) is 0.999. The van der Waals surface area contributed by atoms with Crippen LogP contribution in [0.2, 0.25) is 5.02 Å². The third-order valence-corrected chi connectivity index (χ3v) is 4.25. The lowest BCUT2D eigenvalue weighted by molar-refractivity contribution is -0.136. The second-order valence-electron chi connectivity index (χ2n) is 3.63. The Morgan fingerprint density at radius 1 is 1.32 bits per heavy atom. The Morgan fingerprint density at radius 3 is 2.37 bits per heavy atom. The Morgan fingerprint density at radius 2 is 1.89 bits per heavy atom. The zero-order chi connectivity index (χ0) is 14.8. The molecule has 0 aliphatic carbocycles. The fourth-order valence-electron chi connectivity index (χ4n) is 1.14. The minimum absolute atomic E-state index is 0.0540. The number of carboxylic acids is 2. The van der Waals surface area contributed by atoms with Crippen LogP contribution in [0.1, 0.15) is 17.3 Å². The molecule has 0 aliphatic heterocycles. The second-order valence-corrected chi connectivity index (χ2v) is 6.04. The molecule has 0 bridgehead atoms. The van der Waals surface area contributed by atoms with Crippen LogP contribution >= 0.6 is 11.6 Å². The summed E-state index contributed by atoms with van der Waals surface area (Å²) < 4.78 is 25.3. The first-order valence-corrected chi connectivity index (χ1v) is 6.85. The first-order valence-electron chi connectivity index (χ1n) is 4.92. The highest BCUT2D eigenvalue weighted by Gasteiger charge is 2.27. The van der Waals surface area contributed by atoms with Crippen LogP contribution in [0.3, 0.4) is 0 Å². The van der Waals surface area contributed by atoms with Gasteiger partial charge in [-0.3, -0.25) is 9.52 Å². The first-order chi connectivity index (χ1) is 8.65. The van der Waals surface area contributed by atoms with Crippen molar-refractivity contribution in [3.63, 3.8) is 0 Å². The quantitative estimate of drug-likeness (QED) is 0.753. The molecule has 0 heterocycles. The minimum Gasteiger partial charge on any atom is -0.480 e. The van der Waals surface area contributed by atoms with Crippen molar-refractivity contribution in [1.29, 1.82) is 0 Å². The number of rotatable bonds is 5. The van der Waals surface area contributed by atoms with E-state index < -0.39 is 27.2 Å². The van der Waals surface area contributed by atoms with Gasteiger partial charge < -0.3 is 10.2 Å². The number of hydrogen-bond acceptors (Lipinski definition) is 4. The van der Waals surface area contributed by atoms with E-state index in [9.17, 15) is 18.0 Å². The fraction of sp³-hybridized carbons (Fsp3) is 0.200. The van der Waals surface area contributed by atoms with Gasteiger partial charge in [0.15, 0.2) is 5.25 Å². The molecule has 3 N–H and O–H groups in total. The number of aliphatic carboxylic acids is 1. The van der Waals surface area contributed by atoms with E-state index in [4.69, 9.17) is 21.8 Å². The predicted molar refractivity (Wildman–Crippen MR) is 68.1 cm³/mol. The van der Waals surface area contributed by atoms with E-state index in [-0.39, 0.29) is 16.3 Å². The lowest BCUT2D eigenvalue weighted by Gasteiger charge is -2.12. The Labute approximate surface area is 113 Å². The third-order valence-electron chi connectivity index (χ3n) is 2.27. The van der Waals surface area contributed by atoms with Crippen LogP contribution in [-0.2, 0) is 14.8 Å². The maximum Gasteiger partial charge on any atom is 0.337 e. The van der Waals surface area contributed by atoms with E-state index >= 15 is 0 Å². The van der Waals surface area contributed by atoms with E-state index in [1.807, 2.05) is 4.72 Å². The highest BCUT2D eigenvalue weighted by Crippen LogP contribution is 2.22. The molecule has 104 valence electrons. The summed E-state index contributed by atoms with van der Waals surface area (Å²) in [5.41, 5.74) is -0.361. The number of hydrogen-bond donors (Lipinski definition) is 3. The van der Waals surface area contributed by atoms with Crippen LogP contribution in [0.25, 0.3) is 0 Å². The van der Waals surface area contributed by atoms with Gasteiger partial charge in [-0.15, -0.1) is 0 Å². The van der Waals surface area contributed by atoms with E-state index in [0.717, 1.165) is 13.0 Å². The molecule has 1 atom stereocenters. The molecule has 19 heavy (non-hydrogen) atoms. The molecular formula is C10H10ClNO6S. The fourth-order valence-corrected chi connectivity index (χ4v) is 2.23. The van der Waals surface area contributed by atoms with Crippen molar-refractivity contribution in [1.82, 2.24) is 0 Å². The summed E-state index contributed by atoms with van der Waals surface area (Å²) in [7, 11) is -4.15. The topological polar surface area (TPSA) is 121 Å². The molecule has 0 fully saturated rings. The van der Waals surface area contributed by atoms with Gasteiger partial charge in [0, 0.05) is 5.69 Å². The zero-order valence-corrected chi connectivity index (χ0v) is 11.2.